The summed E-state index contributed by atoms with van der Waals surface area (Å²) in [6, 6.07) is 7.64. The molecule has 0 bridgehead atoms. The van der Waals surface area contributed by atoms with Gasteiger partial charge in [0.05, 0.1) is 19.2 Å². The molecule has 1 unspecified atom stereocenters. The first kappa shape index (κ1) is 18.0. The Morgan fingerprint density at radius 2 is 1.73 bits per heavy atom. The summed E-state index contributed by atoms with van der Waals surface area (Å²) in [5.74, 6) is -0.866. The number of amides is 1. The standard InChI is InChI=1S/C14H16F3NO4/c1-10(19)13(2,9-14(15,16)17)22-18(12(20)21-3)11-7-5-4-6-8-11/h4-8H,9H2,1-3H3. The number of nitrogens with zero attached hydrogens (tertiary/aromatic N) is 1. The number of para-hydroxylation sites is 1. The first-order chi connectivity index (χ1) is 10.1. The highest BCUT2D eigenvalue weighted by atomic mass is 19.4. The fraction of sp³-hybridized carbons (Fsp3) is 0.429. The van der Waals surface area contributed by atoms with Crippen molar-refractivity contribution in [2.24, 2.45) is 0 Å². The summed E-state index contributed by atoms with van der Waals surface area (Å²) in [5.41, 5.74) is -2.11. The van der Waals surface area contributed by atoms with Crippen molar-refractivity contribution in [1.82, 2.24) is 0 Å². The number of carbonyl (C=O) groups excluding carboxylic acids is 2. The van der Waals surface area contributed by atoms with Crippen molar-refractivity contribution in [2.75, 3.05) is 12.2 Å². The van der Waals surface area contributed by atoms with E-state index in [4.69, 9.17) is 4.84 Å². The SMILES string of the molecule is COC(=O)N(OC(C)(CC(F)(F)F)C(C)=O)c1ccccc1. The van der Waals surface area contributed by atoms with Gasteiger partial charge in [0.1, 0.15) is 0 Å². The molecule has 1 rings (SSSR count). The quantitative estimate of drug-likeness (QED) is 0.780. The lowest BCUT2D eigenvalue weighted by Crippen LogP contribution is -2.48. The van der Waals surface area contributed by atoms with Gasteiger partial charge in [-0.3, -0.25) is 4.79 Å². The lowest BCUT2D eigenvalue weighted by molar-refractivity contribution is -0.190. The number of halogens is 3. The molecule has 0 heterocycles. The minimum absolute atomic E-state index is 0.143. The number of alkyl halides is 3. The molecule has 8 heteroatoms. The summed E-state index contributed by atoms with van der Waals surface area (Å²) in [5, 5.41) is 0.535. The highest BCUT2D eigenvalue weighted by molar-refractivity contribution is 5.88. The number of Topliss-reactive ketones (excluding diaryl/α,β-unsaturated/α-hetero) is 1. The number of anilines is 1. The smallest absolute Gasteiger partial charge is 0.438 e. The van der Waals surface area contributed by atoms with Crippen LogP contribution in [0.4, 0.5) is 23.7 Å². The number of benzene rings is 1. The second kappa shape index (κ2) is 6.78. The van der Waals surface area contributed by atoms with Gasteiger partial charge in [-0.25, -0.2) is 9.63 Å². The fourth-order valence-electron chi connectivity index (χ4n) is 1.65. The van der Waals surface area contributed by atoms with Crippen LogP contribution in [-0.4, -0.2) is 30.8 Å². The number of methoxy groups -OCH3 is 1. The van der Waals surface area contributed by atoms with Gasteiger partial charge < -0.3 is 4.74 Å². The highest BCUT2D eigenvalue weighted by Gasteiger charge is 2.46. The summed E-state index contributed by atoms with van der Waals surface area (Å²) >= 11 is 0. The van der Waals surface area contributed by atoms with E-state index in [0.29, 0.717) is 5.06 Å². The average molecular weight is 319 g/mol. The van der Waals surface area contributed by atoms with Gasteiger partial charge in [0.25, 0.3) is 0 Å². The van der Waals surface area contributed by atoms with Gasteiger partial charge in [0, 0.05) is 0 Å². The van der Waals surface area contributed by atoms with Crippen molar-refractivity contribution in [3.8, 4) is 0 Å². The molecule has 0 N–H and O–H groups in total. The molecule has 0 saturated carbocycles. The van der Waals surface area contributed by atoms with Gasteiger partial charge in [0.2, 0.25) is 0 Å². The van der Waals surface area contributed by atoms with Crippen LogP contribution in [0.15, 0.2) is 30.3 Å². The second-order valence-corrected chi connectivity index (χ2v) is 4.77. The normalized spacial score (nSPS) is 14.1. The number of rotatable bonds is 5. The number of ketones is 1. The average Bonchev–Trinajstić information content (AvgIpc) is 2.43. The van der Waals surface area contributed by atoms with Gasteiger partial charge in [-0.1, -0.05) is 18.2 Å². The zero-order valence-electron chi connectivity index (χ0n) is 12.3. The molecule has 0 aliphatic carbocycles. The third-order valence-corrected chi connectivity index (χ3v) is 2.91. The number of ether oxygens (including phenoxy) is 1. The molecular weight excluding hydrogens is 303 g/mol. The van der Waals surface area contributed by atoms with Crippen molar-refractivity contribution < 1.29 is 32.3 Å². The van der Waals surface area contributed by atoms with Crippen LogP contribution >= 0.6 is 0 Å². The molecule has 1 aromatic carbocycles. The van der Waals surface area contributed by atoms with E-state index in [2.05, 4.69) is 4.74 Å². The Morgan fingerprint density at radius 3 is 2.14 bits per heavy atom. The van der Waals surface area contributed by atoms with Gasteiger partial charge in [0.15, 0.2) is 11.4 Å². The summed E-state index contributed by atoms with van der Waals surface area (Å²) in [6.07, 6.45) is -7.21. The molecule has 0 aromatic heterocycles. The molecule has 0 fully saturated rings. The van der Waals surface area contributed by atoms with Crippen molar-refractivity contribution in [1.29, 1.82) is 0 Å². The molecule has 0 spiro atoms. The van der Waals surface area contributed by atoms with Crippen molar-refractivity contribution in [3.05, 3.63) is 30.3 Å². The molecule has 0 saturated heterocycles. The van der Waals surface area contributed by atoms with E-state index in [1.165, 1.54) is 12.1 Å². The van der Waals surface area contributed by atoms with E-state index in [1.807, 2.05) is 0 Å². The van der Waals surface area contributed by atoms with Crippen LogP contribution in [-0.2, 0) is 14.4 Å². The summed E-state index contributed by atoms with van der Waals surface area (Å²) in [6.45, 7) is 1.94. The van der Waals surface area contributed by atoms with E-state index >= 15 is 0 Å². The Bertz CT molecular complexity index is 533. The van der Waals surface area contributed by atoms with E-state index in [-0.39, 0.29) is 5.69 Å². The van der Waals surface area contributed by atoms with Gasteiger partial charge in [-0.05, 0) is 26.0 Å². The minimum atomic E-state index is -4.64. The van der Waals surface area contributed by atoms with Gasteiger partial charge >= 0.3 is 12.3 Å². The van der Waals surface area contributed by atoms with Crippen molar-refractivity contribution >= 4 is 17.6 Å². The Hall–Kier alpha value is -2.09. The Balaban J connectivity index is 3.15. The molecule has 122 valence electrons. The first-order valence-corrected chi connectivity index (χ1v) is 6.29. The lowest BCUT2D eigenvalue weighted by Gasteiger charge is -2.32. The van der Waals surface area contributed by atoms with Crippen LogP contribution in [0.3, 0.4) is 0 Å². The predicted molar refractivity (Wildman–Crippen MR) is 72.2 cm³/mol. The molecule has 22 heavy (non-hydrogen) atoms. The molecule has 0 aliphatic heterocycles. The zero-order valence-corrected chi connectivity index (χ0v) is 12.3. The maximum Gasteiger partial charge on any atom is 0.438 e. The van der Waals surface area contributed by atoms with Crippen LogP contribution in [0.25, 0.3) is 0 Å². The Morgan fingerprint density at radius 1 is 1.18 bits per heavy atom. The van der Waals surface area contributed by atoms with Gasteiger partial charge in [-0.2, -0.15) is 18.2 Å². The van der Waals surface area contributed by atoms with Gasteiger partial charge in [-0.15, -0.1) is 0 Å². The third kappa shape index (κ3) is 4.73. The van der Waals surface area contributed by atoms with Crippen LogP contribution in [0.1, 0.15) is 20.3 Å². The topological polar surface area (TPSA) is 55.8 Å². The Kier molecular flexibility index (Phi) is 5.54. The molecule has 0 radical (unpaired) electrons. The van der Waals surface area contributed by atoms with Crippen molar-refractivity contribution in [3.63, 3.8) is 0 Å². The van der Waals surface area contributed by atoms with Crippen molar-refractivity contribution in [2.45, 2.75) is 32.0 Å². The lowest BCUT2D eigenvalue weighted by atomic mass is 9.97. The summed E-state index contributed by atoms with van der Waals surface area (Å²) in [7, 11) is 1.05. The molecule has 1 atom stereocenters. The summed E-state index contributed by atoms with van der Waals surface area (Å²) in [4.78, 5) is 28.5. The molecule has 0 aliphatic rings. The molecule has 1 aromatic rings. The monoisotopic (exact) mass is 319 g/mol. The number of hydrogen-bond acceptors (Lipinski definition) is 4. The van der Waals surface area contributed by atoms with Crippen LogP contribution in [0.5, 0.6) is 0 Å². The van der Waals surface area contributed by atoms with E-state index in [0.717, 1.165) is 21.0 Å². The maximum absolute atomic E-state index is 12.7. The van der Waals surface area contributed by atoms with E-state index in [9.17, 15) is 22.8 Å². The third-order valence-electron chi connectivity index (χ3n) is 2.91. The predicted octanol–water partition coefficient (Wildman–Crippen LogP) is 3.49. The summed E-state index contributed by atoms with van der Waals surface area (Å²) < 4.78 is 42.5. The molecule has 5 nitrogen and oxygen atoms in total. The van der Waals surface area contributed by atoms with Crippen LogP contribution in [0, 0.1) is 0 Å². The number of hydroxylamine groups is 1. The number of hydrogen-bond donors (Lipinski definition) is 0. The van der Waals surface area contributed by atoms with Crippen LogP contribution < -0.4 is 5.06 Å². The maximum atomic E-state index is 12.7. The van der Waals surface area contributed by atoms with E-state index < -0.39 is 30.1 Å². The fourth-order valence-corrected chi connectivity index (χ4v) is 1.65. The number of carbonyl (C=O) groups is 2. The first-order valence-electron chi connectivity index (χ1n) is 6.29. The Labute approximate surface area is 125 Å². The van der Waals surface area contributed by atoms with E-state index in [1.54, 1.807) is 18.2 Å². The second-order valence-electron chi connectivity index (χ2n) is 4.77. The molecular formula is C14H16F3NO4. The zero-order chi connectivity index (χ0) is 17.0. The molecule has 1 amide bonds. The van der Waals surface area contributed by atoms with Crippen LogP contribution in [0.2, 0.25) is 0 Å². The largest absolute Gasteiger partial charge is 0.451 e. The highest BCUT2D eigenvalue weighted by Crippen LogP contribution is 2.32. The minimum Gasteiger partial charge on any atom is -0.451 e.